The number of ether oxygens (including phenoxy) is 1. The first-order valence-electron chi connectivity index (χ1n) is 5.60. The van der Waals surface area contributed by atoms with Crippen LogP contribution in [0.25, 0.3) is 0 Å². The smallest absolute Gasteiger partial charge is 0.338 e. The van der Waals surface area contributed by atoms with Gasteiger partial charge in [0.15, 0.2) is 0 Å². The number of hydrogen-bond acceptors (Lipinski definition) is 2. The first-order valence-corrected chi connectivity index (χ1v) is 5.60. The fourth-order valence-corrected chi connectivity index (χ4v) is 1.99. The van der Waals surface area contributed by atoms with Gasteiger partial charge in [-0.1, -0.05) is 38.0 Å². The summed E-state index contributed by atoms with van der Waals surface area (Å²) in [4.78, 5) is 11.6. The number of hydrogen-bond donors (Lipinski definition) is 0. The van der Waals surface area contributed by atoms with E-state index in [1.807, 2.05) is 24.3 Å². The van der Waals surface area contributed by atoms with Crippen molar-refractivity contribution in [2.75, 3.05) is 0 Å². The summed E-state index contributed by atoms with van der Waals surface area (Å²) in [7, 11) is 0. The van der Waals surface area contributed by atoms with Gasteiger partial charge in [0, 0.05) is 6.42 Å². The van der Waals surface area contributed by atoms with Gasteiger partial charge in [-0.15, -0.1) is 0 Å². The molecule has 0 amide bonds. The number of unbranched alkanes of at least 4 members (excludes halogenated alkanes) is 1. The summed E-state index contributed by atoms with van der Waals surface area (Å²) >= 11 is 0. The van der Waals surface area contributed by atoms with Crippen LogP contribution < -0.4 is 0 Å². The first kappa shape index (κ1) is 10.2. The number of carbonyl (C=O) groups is 1. The van der Waals surface area contributed by atoms with Crippen molar-refractivity contribution in [1.29, 1.82) is 0 Å². The highest BCUT2D eigenvalue weighted by atomic mass is 16.5. The number of esters is 1. The van der Waals surface area contributed by atoms with Crippen molar-refractivity contribution in [3.8, 4) is 0 Å². The average molecular weight is 204 g/mol. The van der Waals surface area contributed by atoms with Gasteiger partial charge in [0.2, 0.25) is 0 Å². The zero-order valence-corrected chi connectivity index (χ0v) is 9.03. The Kier molecular flexibility index (Phi) is 3.05. The lowest BCUT2D eigenvalue weighted by atomic mass is 9.96. The van der Waals surface area contributed by atoms with Crippen LogP contribution >= 0.6 is 0 Å². The molecule has 15 heavy (non-hydrogen) atoms. The molecule has 0 radical (unpaired) electrons. The summed E-state index contributed by atoms with van der Waals surface area (Å²) in [6.07, 6.45) is 4.22. The monoisotopic (exact) mass is 204 g/mol. The minimum atomic E-state index is -0.155. The molecule has 80 valence electrons. The third kappa shape index (κ3) is 2.20. The fourth-order valence-electron chi connectivity index (χ4n) is 1.99. The van der Waals surface area contributed by atoms with E-state index in [0.717, 1.165) is 36.8 Å². The van der Waals surface area contributed by atoms with Gasteiger partial charge in [-0.25, -0.2) is 4.79 Å². The molecule has 0 bridgehead atoms. The molecule has 2 heteroatoms. The van der Waals surface area contributed by atoms with E-state index in [-0.39, 0.29) is 12.1 Å². The molecule has 0 N–H and O–H groups in total. The summed E-state index contributed by atoms with van der Waals surface area (Å²) in [5.41, 5.74) is 1.88. The van der Waals surface area contributed by atoms with E-state index < -0.39 is 0 Å². The lowest BCUT2D eigenvalue weighted by Crippen LogP contribution is -2.27. The van der Waals surface area contributed by atoms with Crippen molar-refractivity contribution < 1.29 is 9.53 Å². The summed E-state index contributed by atoms with van der Waals surface area (Å²) < 4.78 is 5.38. The van der Waals surface area contributed by atoms with E-state index in [0.29, 0.717) is 0 Å². The van der Waals surface area contributed by atoms with Crippen molar-refractivity contribution >= 4 is 5.97 Å². The number of carbonyl (C=O) groups excluding carboxylic acids is 1. The van der Waals surface area contributed by atoms with Gasteiger partial charge in [-0.3, -0.25) is 0 Å². The Morgan fingerprint density at radius 3 is 3.00 bits per heavy atom. The van der Waals surface area contributed by atoms with Crippen LogP contribution in [0.5, 0.6) is 0 Å². The number of benzene rings is 1. The lowest BCUT2D eigenvalue weighted by molar-refractivity contribution is 0.0233. The van der Waals surface area contributed by atoms with Crippen molar-refractivity contribution in [3.05, 3.63) is 35.4 Å². The minimum absolute atomic E-state index is 0.0901. The van der Waals surface area contributed by atoms with Crippen LogP contribution in [-0.2, 0) is 11.2 Å². The first-order chi connectivity index (χ1) is 7.31. The third-order valence-electron chi connectivity index (χ3n) is 2.84. The maximum Gasteiger partial charge on any atom is 0.338 e. The number of cyclic esters (lactones) is 1. The Balaban J connectivity index is 2.12. The van der Waals surface area contributed by atoms with Crippen LogP contribution in [0, 0.1) is 0 Å². The summed E-state index contributed by atoms with van der Waals surface area (Å²) in [6, 6.07) is 7.73. The normalized spacial score (nSPS) is 19.5. The minimum Gasteiger partial charge on any atom is -0.458 e. The quantitative estimate of drug-likeness (QED) is 0.707. The number of rotatable bonds is 3. The third-order valence-corrected chi connectivity index (χ3v) is 2.84. The topological polar surface area (TPSA) is 26.3 Å². The molecule has 0 saturated carbocycles. The Morgan fingerprint density at radius 1 is 1.40 bits per heavy atom. The second kappa shape index (κ2) is 4.47. The highest BCUT2D eigenvalue weighted by molar-refractivity contribution is 5.92. The molecular formula is C13H16O2. The van der Waals surface area contributed by atoms with E-state index >= 15 is 0 Å². The number of fused-ring (bicyclic) bond motifs is 1. The molecule has 0 aliphatic carbocycles. The van der Waals surface area contributed by atoms with E-state index in [9.17, 15) is 4.79 Å². The highest BCUT2D eigenvalue weighted by Gasteiger charge is 2.24. The van der Waals surface area contributed by atoms with Crippen molar-refractivity contribution in [1.82, 2.24) is 0 Å². The van der Waals surface area contributed by atoms with Crippen LogP contribution in [0.3, 0.4) is 0 Å². The predicted molar refractivity (Wildman–Crippen MR) is 58.9 cm³/mol. The van der Waals surface area contributed by atoms with Gasteiger partial charge in [0.25, 0.3) is 0 Å². The van der Waals surface area contributed by atoms with Crippen molar-refractivity contribution in [3.63, 3.8) is 0 Å². The molecule has 1 aromatic rings. The van der Waals surface area contributed by atoms with Gasteiger partial charge in [0.1, 0.15) is 6.10 Å². The van der Waals surface area contributed by atoms with Crippen LogP contribution in [0.4, 0.5) is 0 Å². The van der Waals surface area contributed by atoms with Crippen LogP contribution in [0.1, 0.15) is 42.1 Å². The van der Waals surface area contributed by atoms with E-state index in [1.54, 1.807) is 0 Å². The Labute approximate surface area is 90.3 Å². The zero-order valence-electron chi connectivity index (χ0n) is 9.03. The molecule has 1 unspecified atom stereocenters. The maximum atomic E-state index is 11.6. The van der Waals surface area contributed by atoms with Crippen LogP contribution in [0.15, 0.2) is 24.3 Å². The molecule has 1 heterocycles. The van der Waals surface area contributed by atoms with Crippen LogP contribution in [-0.4, -0.2) is 12.1 Å². The molecule has 0 aromatic heterocycles. The molecule has 0 spiro atoms. The standard InChI is InChI=1S/C13H16O2/c1-2-3-7-11-9-10-6-4-5-8-12(10)13(14)15-11/h4-6,8,11H,2-3,7,9H2,1H3. The van der Waals surface area contributed by atoms with Gasteiger partial charge < -0.3 is 4.74 Å². The van der Waals surface area contributed by atoms with Gasteiger partial charge in [0.05, 0.1) is 5.56 Å². The second-order valence-corrected chi connectivity index (χ2v) is 4.03. The average Bonchev–Trinajstić information content (AvgIpc) is 2.26. The zero-order chi connectivity index (χ0) is 10.7. The van der Waals surface area contributed by atoms with Crippen molar-refractivity contribution in [2.24, 2.45) is 0 Å². The Morgan fingerprint density at radius 2 is 2.20 bits per heavy atom. The molecule has 2 rings (SSSR count). The maximum absolute atomic E-state index is 11.6. The Bertz CT molecular complexity index is 357. The SMILES string of the molecule is CCCCC1Cc2ccccc2C(=O)O1. The molecule has 1 aliphatic rings. The van der Waals surface area contributed by atoms with Gasteiger partial charge >= 0.3 is 5.97 Å². The summed E-state index contributed by atoms with van der Waals surface area (Å²) in [5.74, 6) is -0.155. The molecule has 0 fully saturated rings. The molecular weight excluding hydrogens is 188 g/mol. The molecule has 2 nitrogen and oxygen atoms in total. The molecule has 1 atom stereocenters. The van der Waals surface area contributed by atoms with Crippen molar-refractivity contribution in [2.45, 2.75) is 38.7 Å². The van der Waals surface area contributed by atoms with E-state index in [4.69, 9.17) is 4.74 Å². The van der Waals surface area contributed by atoms with Gasteiger partial charge in [-0.05, 0) is 18.1 Å². The summed E-state index contributed by atoms with van der Waals surface area (Å²) in [6.45, 7) is 2.15. The predicted octanol–water partition coefficient (Wildman–Crippen LogP) is 2.96. The molecule has 0 saturated heterocycles. The molecule has 1 aliphatic heterocycles. The fraction of sp³-hybridized carbons (Fsp3) is 0.462. The lowest BCUT2D eigenvalue weighted by Gasteiger charge is -2.24. The van der Waals surface area contributed by atoms with Crippen LogP contribution in [0.2, 0.25) is 0 Å². The highest BCUT2D eigenvalue weighted by Crippen LogP contribution is 2.22. The van der Waals surface area contributed by atoms with Gasteiger partial charge in [-0.2, -0.15) is 0 Å². The second-order valence-electron chi connectivity index (χ2n) is 4.03. The Hall–Kier alpha value is -1.31. The van der Waals surface area contributed by atoms with E-state index in [2.05, 4.69) is 6.92 Å². The summed E-state index contributed by atoms with van der Waals surface area (Å²) in [5, 5.41) is 0. The largest absolute Gasteiger partial charge is 0.458 e. The van der Waals surface area contributed by atoms with E-state index in [1.165, 1.54) is 0 Å². The molecule has 1 aromatic carbocycles.